The number of rotatable bonds is 9. The third-order valence-corrected chi connectivity index (χ3v) is 6.33. The van der Waals surface area contributed by atoms with E-state index in [2.05, 4.69) is 26.0 Å². The minimum Gasteiger partial charge on any atom is -0.493 e. The molecule has 0 saturated heterocycles. The molecular weight excluding hydrogens is 466 g/mol. The summed E-state index contributed by atoms with van der Waals surface area (Å²) in [4.78, 5) is 18.0. The lowest BCUT2D eigenvalue weighted by Crippen LogP contribution is -2.26. The number of amides is 1. The number of aryl methyl sites for hydroxylation is 2. The largest absolute Gasteiger partial charge is 0.493 e. The van der Waals surface area contributed by atoms with Gasteiger partial charge in [0, 0.05) is 24.8 Å². The average molecular weight is 496 g/mol. The highest BCUT2D eigenvalue weighted by Crippen LogP contribution is 2.34. The zero-order valence-electron chi connectivity index (χ0n) is 21.1. The summed E-state index contributed by atoms with van der Waals surface area (Å²) >= 11 is 0. The van der Waals surface area contributed by atoms with Gasteiger partial charge < -0.3 is 19.4 Å². The van der Waals surface area contributed by atoms with Gasteiger partial charge in [-0.2, -0.15) is 5.10 Å². The fourth-order valence-electron chi connectivity index (χ4n) is 4.47. The fourth-order valence-corrected chi connectivity index (χ4v) is 4.47. The molecule has 0 saturated carbocycles. The lowest BCUT2D eigenvalue weighted by molar-refractivity contribution is 0.0948. The van der Waals surface area contributed by atoms with E-state index in [-0.39, 0.29) is 5.91 Å². The molecule has 5 aromatic rings. The first-order valence-corrected chi connectivity index (χ1v) is 12.2. The molecule has 37 heavy (non-hydrogen) atoms. The number of hydrogen-bond donors (Lipinski definition) is 1. The first kappa shape index (κ1) is 24.1. The van der Waals surface area contributed by atoms with Gasteiger partial charge in [0.2, 0.25) is 0 Å². The molecule has 0 aliphatic heterocycles. The van der Waals surface area contributed by atoms with Crippen LogP contribution >= 0.6 is 0 Å². The Morgan fingerprint density at radius 2 is 1.70 bits per heavy atom. The smallest absolute Gasteiger partial charge is 0.272 e. The molecule has 1 amide bonds. The quantitative estimate of drug-likeness (QED) is 0.290. The van der Waals surface area contributed by atoms with Crippen LogP contribution in [0.2, 0.25) is 0 Å². The van der Waals surface area contributed by atoms with E-state index in [1.54, 1.807) is 18.9 Å². The van der Waals surface area contributed by atoms with E-state index in [1.807, 2.05) is 79.9 Å². The van der Waals surface area contributed by atoms with Crippen molar-refractivity contribution in [2.24, 2.45) is 0 Å². The van der Waals surface area contributed by atoms with Gasteiger partial charge in [-0.25, -0.2) is 9.67 Å². The number of nitrogens with zero attached hydrogens (tertiary/aromatic N) is 4. The van der Waals surface area contributed by atoms with Gasteiger partial charge in [0.25, 0.3) is 5.91 Å². The second kappa shape index (κ2) is 10.6. The molecule has 0 fully saturated rings. The number of benzene rings is 3. The van der Waals surface area contributed by atoms with Crippen LogP contribution in [0.1, 0.15) is 22.7 Å². The molecule has 5 rings (SSSR count). The number of methoxy groups -OCH3 is 2. The highest BCUT2D eigenvalue weighted by atomic mass is 16.5. The van der Waals surface area contributed by atoms with E-state index in [1.165, 1.54) is 0 Å². The predicted molar refractivity (Wildman–Crippen MR) is 144 cm³/mol. The maximum Gasteiger partial charge on any atom is 0.272 e. The lowest BCUT2D eigenvalue weighted by atomic mass is 10.1. The molecule has 1 N–H and O–H groups in total. The summed E-state index contributed by atoms with van der Waals surface area (Å²) in [6, 6.07) is 23.4. The third-order valence-electron chi connectivity index (χ3n) is 6.33. The summed E-state index contributed by atoms with van der Waals surface area (Å²) in [5.41, 5.74) is 4.81. The lowest BCUT2D eigenvalue weighted by Gasteiger charge is -2.10. The number of carbonyl (C=O) groups is 1. The van der Waals surface area contributed by atoms with Crippen molar-refractivity contribution in [3.05, 3.63) is 90.5 Å². The number of para-hydroxylation sites is 3. The molecule has 0 bridgehead atoms. The van der Waals surface area contributed by atoms with E-state index in [9.17, 15) is 4.79 Å². The number of hydrogen-bond acceptors (Lipinski definition) is 5. The van der Waals surface area contributed by atoms with E-state index in [4.69, 9.17) is 9.47 Å². The molecule has 8 nitrogen and oxygen atoms in total. The van der Waals surface area contributed by atoms with Crippen molar-refractivity contribution in [3.63, 3.8) is 0 Å². The topological polar surface area (TPSA) is 83.2 Å². The van der Waals surface area contributed by atoms with Gasteiger partial charge in [-0.1, -0.05) is 36.4 Å². The van der Waals surface area contributed by atoms with Gasteiger partial charge in [0.1, 0.15) is 5.82 Å². The zero-order valence-corrected chi connectivity index (χ0v) is 21.1. The van der Waals surface area contributed by atoms with Gasteiger partial charge >= 0.3 is 0 Å². The molecule has 0 radical (unpaired) electrons. The van der Waals surface area contributed by atoms with Crippen molar-refractivity contribution >= 4 is 16.9 Å². The van der Waals surface area contributed by atoms with Crippen LogP contribution in [0.5, 0.6) is 11.5 Å². The summed E-state index contributed by atoms with van der Waals surface area (Å²) in [7, 11) is 3.19. The van der Waals surface area contributed by atoms with E-state index < -0.39 is 0 Å². The molecule has 0 atom stereocenters. The standard InChI is InChI=1S/C29H29N5O3/c1-20-31-24-12-7-8-13-25(24)33(20)17-9-16-30-29(35)28-23(19-34(32-28)22-10-5-4-6-11-22)21-14-15-26(36-2)27(18-21)37-3/h4-8,10-15,18-19H,9,16-17H2,1-3H3,(H,30,35). The van der Waals surface area contributed by atoms with Crippen LogP contribution in [-0.4, -0.2) is 46.0 Å². The van der Waals surface area contributed by atoms with Crippen LogP contribution in [0, 0.1) is 6.92 Å². The highest BCUT2D eigenvalue weighted by molar-refractivity contribution is 5.99. The normalized spacial score (nSPS) is 11.0. The Hall–Kier alpha value is -4.59. The Balaban J connectivity index is 1.37. The molecule has 2 aromatic heterocycles. The summed E-state index contributed by atoms with van der Waals surface area (Å²) < 4.78 is 14.8. The van der Waals surface area contributed by atoms with Crippen molar-refractivity contribution in [1.82, 2.24) is 24.6 Å². The maximum atomic E-state index is 13.3. The van der Waals surface area contributed by atoms with Crippen molar-refractivity contribution in [2.45, 2.75) is 19.9 Å². The van der Waals surface area contributed by atoms with Gasteiger partial charge in [-0.05, 0) is 55.3 Å². The maximum absolute atomic E-state index is 13.3. The molecule has 0 spiro atoms. The van der Waals surface area contributed by atoms with Crippen molar-refractivity contribution in [1.29, 1.82) is 0 Å². The number of aromatic nitrogens is 4. The average Bonchev–Trinajstić information content (AvgIpc) is 3.52. The second-order valence-electron chi connectivity index (χ2n) is 8.65. The van der Waals surface area contributed by atoms with Crippen molar-refractivity contribution in [3.8, 4) is 28.3 Å². The minimum atomic E-state index is -0.230. The first-order valence-electron chi connectivity index (χ1n) is 12.2. The number of fused-ring (bicyclic) bond motifs is 1. The molecular formula is C29H29N5O3. The van der Waals surface area contributed by atoms with Gasteiger partial charge in [0.15, 0.2) is 17.2 Å². The number of nitrogens with one attached hydrogen (secondary N) is 1. The monoisotopic (exact) mass is 495 g/mol. The van der Waals surface area contributed by atoms with Gasteiger partial charge in [-0.3, -0.25) is 4.79 Å². The molecule has 8 heteroatoms. The van der Waals surface area contributed by atoms with Crippen LogP contribution in [0.25, 0.3) is 27.8 Å². The van der Waals surface area contributed by atoms with E-state index in [0.29, 0.717) is 29.3 Å². The third kappa shape index (κ3) is 4.91. The van der Waals surface area contributed by atoms with Gasteiger partial charge in [-0.15, -0.1) is 0 Å². The van der Waals surface area contributed by atoms with Crippen LogP contribution in [0.3, 0.4) is 0 Å². The molecule has 0 aliphatic carbocycles. The number of ether oxygens (including phenoxy) is 2. The summed E-state index contributed by atoms with van der Waals surface area (Å²) in [6.07, 6.45) is 2.63. The van der Waals surface area contributed by atoms with Crippen LogP contribution in [-0.2, 0) is 6.54 Å². The van der Waals surface area contributed by atoms with Crippen LogP contribution in [0.15, 0.2) is 79.0 Å². The summed E-state index contributed by atoms with van der Waals surface area (Å²) in [5, 5.41) is 7.71. The summed E-state index contributed by atoms with van der Waals surface area (Å²) in [5.74, 6) is 1.94. The Labute approximate surface area is 215 Å². The van der Waals surface area contributed by atoms with E-state index >= 15 is 0 Å². The minimum absolute atomic E-state index is 0.230. The van der Waals surface area contributed by atoms with Crippen LogP contribution in [0.4, 0.5) is 0 Å². The summed E-state index contributed by atoms with van der Waals surface area (Å²) in [6.45, 7) is 3.27. The number of carbonyl (C=O) groups excluding carboxylic acids is 1. The van der Waals surface area contributed by atoms with Crippen molar-refractivity contribution < 1.29 is 14.3 Å². The Morgan fingerprint density at radius 3 is 2.49 bits per heavy atom. The molecule has 0 unspecified atom stereocenters. The van der Waals surface area contributed by atoms with Crippen LogP contribution < -0.4 is 14.8 Å². The fraction of sp³-hybridized carbons (Fsp3) is 0.207. The number of imidazole rings is 1. The first-order chi connectivity index (χ1) is 18.1. The Bertz CT molecular complexity index is 1540. The molecule has 188 valence electrons. The molecule has 2 heterocycles. The predicted octanol–water partition coefficient (Wildman–Crippen LogP) is 5.03. The Morgan fingerprint density at radius 1 is 0.946 bits per heavy atom. The Kier molecular flexibility index (Phi) is 6.89. The zero-order chi connectivity index (χ0) is 25.8. The SMILES string of the molecule is COc1ccc(-c2cn(-c3ccccc3)nc2C(=O)NCCCn2c(C)nc3ccccc32)cc1OC. The highest BCUT2D eigenvalue weighted by Gasteiger charge is 2.20. The molecule has 0 aliphatic rings. The van der Waals surface area contributed by atoms with E-state index in [0.717, 1.165) is 41.1 Å². The van der Waals surface area contributed by atoms with Gasteiger partial charge in [0.05, 0.1) is 30.9 Å². The van der Waals surface area contributed by atoms with Crippen molar-refractivity contribution in [2.75, 3.05) is 20.8 Å². The second-order valence-corrected chi connectivity index (χ2v) is 8.65. The molecule has 3 aromatic carbocycles.